The second-order valence-corrected chi connectivity index (χ2v) is 12.4. The van der Waals surface area contributed by atoms with Crippen LogP contribution in [0.25, 0.3) is 5.76 Å². The van der Waals surface area contributed by atoms with Gasteiger partial charge in [0.05, 0.1) is 18.2 Å². The highest BCUT2D eigenvalue weighted by Gasteiger charge is 2.49. The topological polar surface area (TPSA) is 92.6 Å². The average molecular weight is 627 g/mol. The normalized spacial score (nSPS) is 16.4. The molecular weight excluding hydrogens is 601 g/mol. The van der Waals surface area contributed by atoms with Crippen molar-refractivity contribution in [3.8, 4) is 5.75 Å². The Morgan fingerprint density at radius 3 is 2.46 bits per heavy atom. The number of halogens is 2. The number of aliphatic hydroxyl groups is 1. The number of carbonyl (C=O) groups excluding carboxylic acids is 2. The third-order valence-electron chi connectivity index (χ3n) is 6.39. The SMILES string of the molecule is CCCOc1ccc(/C(O)=C2/C(=O)C(=O)N(c3nnc(SCc4ccc(C)cc4)s3)C2c2ccc(Cl)cc2Cl)cc1. The molecule has 7 nitrogen and oxygen atoms in total. The molecule has 0 radical (unpaired) electrons. The number of aryl methyl sites for hydroxylation is 1. The van der Waals surface area contributed by atoms with E-state index < -0.39 is 17.7 Å². The molecule has 1 N–H and O–H groups in total. The van der Waals surface area contributed by atoms with E-state index in [4.69, 9.17) is 27.9 Å². The monoisotopic (exact) mass is 625 g/mol. The fraction of sp³-hybridized carbons (Fsp3) is 0.200. The van der Waals surface area contributed by atoms with Gasteiger partial charge in [-0.05, 0) is 60.9 Å². The quantitative estimate of drug-likeness (QED) is 0.0665. The first kappa shape index (κ1) is 29.1. The summed E-state index contributed by atoms with van der Waals surface area (Å²) in [5.41, 5.74) is 2.97. The number of hydrogen-bond donors (Lipinski definition) is 1. The van der Waals surface area contributed by atoms with E-state index in [1.54, 1.807) is 36.4 Å². The first-order chi connectivity index (χ1) is 19.8. The first-order valence-corrected chi connectivity index (χ1v) is 15.3. The van der Waals surface area contributed by atoms with Crippen LogP contribution in [0.3, 0.4) is 0 Å². The Hall–Kier alpha value is -3.37. The highest BCUT2D eigenvalue weighted by molar-refractivity contribution is 8.00. The Morgan fingerprint density at radius 2 is 1.78 bits per heavy atom. The zero-order valence-electron chi connectivity index (χ0n) is 22.1. The van der Waals surface area contributed by atoms with Gasteiger partial charge in [0.15, 0.2) is 4.34 Å². The molecular formula is C30H25Cl2N3O4S2. The Balaban J connectivity index is 1.53. The Bertz CT molecular complexity index is 1620. The lowest BCUT2D eigenvalue weighted by Gasteiger charge is -2.23. The van der Waals surface area contributed by atoms with Crippen LogP contribution in [0.1, 0.15) is 41.6 Å². The number of benzene rings is 3. The van der Waals surface area contributed by atoms with Crippen LogP contribution in [0.5, 0.6) is 5.75 Å². The molecule has 2 heterocycles. The minimum Gasteiger partial charge on any atom is -0.507 e. The molecule has 4 aromatic rings. The zero-order chi connectivity index (χ0) is 29.1. The molecule has 1 saturated heterocycles. The van der Waals surface area contributed by atoms with Crippen LogP contribution < -0.4 is 9.64 Å². The molecule has 210 valence electrons. The Morgan fingerprint density at radius 1 is 1.05 bits per heavy atom. The van der Waals surface area contributed by atoms with Gasteiger partial charge in [0, 0.05) is 21.4 Å². The maximum absolute atomic E-state index is 13.5. The lowest BCUT2D eigenvalue weighted by Crippen LogP contribution is -2.29. The van der Waals surface area contributed by atoms with E-state index in [0.717, 1.165) is 12.0 Å². The van der Waals surface area contributed by atoms with Crippen molar-refractivity contribution in [3.63, 3.8) is 0 Å². The predicted octanol–water partition coefficient (Wildman–Crippen LogP) is 7.86. The van der Waals surface area contributed by atoms with E-state index in [9.17, 15) is 14.7 Å². The van der Waals surface area contributed by atoms with E-state index in [1.165, 1.54) is 39.6 Å². The third-order valence-corrected chi connectivity index (χ3v) is 9.08. The maximum atomic E-state index is 13.5. The molecule has 1 aromatic heterocycles. The van der Waals surface area contributed by atoms with E-state index in [-0.39, 0.29) is 21.5 Å². The number of nitrogens with zero attached hydrogens (tertiary/aromatic N) is 3. The summed E-state index contributed by atoms with van der Waals surface area (Å²) in [5.74, 6) is -0.725. The molecule has 1 atom stereocenters. The second-order valence-electron chi connectivity index (χ2n) is 9.33. The number of Topliss-reactive ketones (excluding diaryl/α,β-unsaturated/α-hetero) is 1. The van der Waals surface area contributed by atoms with E-state index in [1.807, 2.05) is 38.1 Å². The number of anilines is 1. The molecule has 0 bridgehead atoms. The van der Waals surface area contributed by atoms with Gasteiger partial charge in [0.2, 0.25) is 5.13 Å². The van der Waals surface area contributed by atoms with Crippen LogP contribution >= 0.6 is 46.3 Å². The van der Waals surface area contributed by atoms with Gasteiger partial charge in [-0.1, -0.05) is 89.1 Å². The highest BCUT2D eigenvalue weighted by Crippen LogP contribution is 2.46. The van der Waals surface area contributed by atoms with Crippen molar-refractivity contribution in [2.45, 2.75) is 36.4 Å². The molecule has 1 amide bonds. The number of rotatable bonds is 9. The van der Waals surface area contributed by atoms with Crippen molar-refractivity contribution >= 4 is 68.9 Å². The van der Waals surface area contributed by atoms with Crippen LogP contribution in [0.15, 0.2) is 76.6 Å². The molecule has 41 heavy (non-hydrogen) atoms. The van der Waals surface area contributed by atoms with Crippen LogP contribution in [0.4, 0.5) is 5.13 Å². The van der Waals surface area contributed by atoms with E-state index >= 15 is 0 Å². The standard InChI is InChI=1S/C30H25Cl2N3O4S2/c1-3-14-39-21-11-8-19(9-12-21)26(36)24-25(22-13-10-20(31)15-23(22)32)35(28(38)27(24)37)29-33-34-30(41-29)40-16-18-6-4-17(2)5-7-18/h4-13,15,25,36H,3,14,16H2,1-2H3/b26-24-. The summed E-state index contributed by atoms with van der Waals surface area (Å²) in [6.45, 7) is 4.59. The van der Waals surface area contributed by atoms with Gasteiger partial charge < -0.3 is 9.84 Å². The number of thioether (sulfide) groups is 1. The lowest BCUT2D eigenvalue weighted by molar-refractivity contribution is -0.132. The van der Waals surface area contributed by atoms with Crippen molar-refractivity contribution in [3.05, 3.63) is 105 Å². The van der Waals surface area contributed by atoms with Gasteiger partial charge in [-0.15, -0.1) is 10.2 Å². The number of carbonyl (C=O) groups is 2. The van der Waals surface area contributed by atoms with Crippen LogP contribution in [0.2, 0.25) is 10.0 Å². The molecule has 1 fully saturated rings. The first-order valence-electron chi connectivity index (χ1n) is 12.8. The molecule has 1 aliphatic rings. The second kappa shape index (κ2) is 12.7. The summed E-state index contributed by atoms with van der Waals surface area (Å²) in [5, 5.41) is 20.7. The van der Waals surface area contributed by atoms with Crippen molar-refractivity contribution in [1.29, 1.82) is 0 Å². The van der Waals surface area contributed by atoms with E-state index in [2.05, 4.69) is 10.2 Å². The summed E-state index contributed by atoms with van der Waals surface area (Å²) in [7, 11) is 0. The number of hydrogen-bond acceptors (Lipinski definition) is 8. The van der Waals surface area contributed by atoms with Crippen LogP contribution in [-0.2, 0) is 15.3 Å². The maximum Gasteiger partial charge on any atom is 0.301 e. The number of ketones is 1. The van der Waals surface area contributed by atoms with Crippen molar-refractivity contribution < 1.29 is 19.4 Å². The number of aliphatic hydroxyl groups excluding tert-OH is 1. The molecule has 0 aliphatic carbocycles. The largest absolute Gasteiger partial charge is 0.507 e. The Labute approximate surface area is 255 Å². The minimum atomic E-state index is -1.04. The number of amides is 1. The minimum absolute atomic E-state index is 0.106. The van der Waals surface area contributed by atoms with Gasteiger partial charge in [0.25, 0.3) is 5.78 Å². The van der Waals surface area contributed by atoms with Gasteiger partial charge in [-0.3, -0.25) is 14.5 Å². The predicted molar refractivity (Wildman–Crippen MR) is 164 cm³/mol. The van der Waals surface area contributed by atoms with Crippen LogP contribution in [0, 0.1) is 6.92 Å². The zero-order valence-corrected chi connectivity index (χ0v) is 25.3. The van der Waals surface area contributed by atoms with Gasteiger partial charge in [-0.2, -0.15) is 0 Å². The lowest BCUT2D eigenvalue weighted by atomic mass is 9.95. The fourth-order valence-corrected chi connectivity index (χ4v) is 6.65. The summed E-state index contributed by atoms with van der Waals surface area (Å²) in [6, 6.07) is 18.6. The third kappa shape index (κ3) is 6.28. The fourth-order valence-electron chi connectivity index (χ4n) is 4.32. The Kier molecular flexibility index (Phi) is 8.99. The summed E-state index contributed by atoms with van der Waals surface area (Å²) in [6.07, 6.45) is 0.852. The molecule has 3 aromatic carbocycles. The molecule has 5 rings (SSSR count). The number of aromatic nitrogens is 2. The van der Waals surface area contributed by atoms with Crippen molar-refractivity contribution in [1.82, 2.24) is 10.2 Å². The average Bonchev–Trinajstić information content (AvgIpc) is 3.53. The smallest absolute Gasteiger partial charge is 0.301 e. The summed E-state index contributed by atoms with van der Waals surface area (Å²) >= 11 is 15.4. The molecule has 1 aliphatic heterocycles. The van der Waals surface area contributed by atoms with E-state index in [0.29, 0.717) is 38.6 Å². The molecule has 0 spiro atoms. The van der Waals surface area contributed by atoms with Gasteiger partial charge in [-0.25, -0.2) is 0 Å². The summed E-state index contributed by atoms with van der Waals surface area (Å²) in [4.78, 5) is 28.2. The van der Waals surface area contributed by atoms with Gasteiger partial charge >= 0.3 is 5.91 Å². The van der Waals surface area contributed by atoms with Crippen molar-refractivity contribution in [2.24, 2.45) is 0 Å². The molecule has 11 heteroatoms. The van der Waals surface area contributed by atoms with Crippen LogP contribution in [-0.4, -0.2) is 33.6 Å². The number of ether oxygens (including phenoxy) is 1. The van der Waals surface area contributed by atoms with Gasteiger partial charge in [0.1, 0.15) is 11.5 Å². The van der Waals surface area contributed by atoms with Crippen molar-refractivity contribution in [2.75, 3.05) is 11.5 Å². The summed E-state index contributed by atoms with van der Waals surface area (Å²) < 4.78 is 6.26. The molecule has 1 unspecified atom stereocenters. The highest BCUT2D eigenvalue weighted by atomic mass is 35.5. The molecule has 0 saturated carbocycles.